The Morgan fingerprint density at radius 2 is 2.12 bits per heavy atom. The fourth-order valence-corrected chi connectivity index (χ4v) is 3.33. The van der Waals surface area contributed by atoms with Crippen molar-refractivity contribution in [2.75, 3.05) is 0 Å². The highest BCUT2D eigenvalue weighted by atomic mass is 35.5. The van der Waals surface area contributed by atoms with Crippen LogP contribution in [0.25, 0.3) is 10.1 Å². The number of carboxylic acid groups (broad SMARTS) is 1. The molecule has 2 nitrogen and oxygen atoms in total. The first-order chi connectivity index (χ1) is 7.52. The van der Waals surface area contributed by atoms with E-state index in [9.17, 15) is 9.90 Å². The normalized spacial score (nSPS) is 11.2. The maximum absolute atomic E-state index is 11.2. The molecule has 0 aliphatic heterocycles. The molecule has 0 saturated heterocycles. The first kappa shape index (κ1) is 11.4. The summed E-state index contributed by atoms with van der Waals surface area (Å²) in [6, 6.07) is 5.57. The van der Waals surface area contributed by atoms with Gasteiger partial charge in [-0.25, -0.2) is 4.79 Å². The van der Waals surface area contributed by atoms with E-state index in [1.54, 1.807) is 6.07 Å². The molecular weight excluding hydrogens is 244 g/mol. The largest absolute Gasteiger partial charge is 0.477 e. The summed E-state index contributed by atoms with van der Waals surface area (Å²) >= 11 is 7.32. The number of fused-ring (bicyclic) bond motifs is 1. The number of hydrogen-bond donors (Lipinski definition) is 1. The quantitative estimate of drug-likeness (QED) is 0.864. The van der Waals surface area contributed by atoms with Crippen LogP contribution in [0.15, 0.2) is 18.2 Å². The summed E-state index contributed by atoms with van der Waals surface area (Å²) in [5.41, 5.74) is 0.884. The second kappa shape index (κ2) is 4.07. The highest BCUT2D eigenvalue weighted by Crippen LogP contribution is 2.39. The molecule has 0 amide bonds. The molecule has 1 heterocycles. The number of hydrogen-bond acceptors (Lipinski definition) is 2. The van der Waals surface area contributed by atoms with Crippen LogP contribution in [0.3, 0.4) is 0 Å². The predicted molar refractivity (Wildman–Crippen MR) is 67.9 cm³/mol. The standard InChI is InChI=1S/C12H11ClO2S/c1-6(2)9-7-4-3-5-8(13)10(7)16-11(9)12(14)15/h3-6H,1-2H3,(H,14,15). The number of thiophene rings is 1. The van der Waals surface area contributed by atoms with E-state index in [1.165, 1.54) is 11.3 Å². The van der Waals surface area contributed by atoms with Gasteiger partial charge in [0.15, 0.2) is 0 Å². The number of benzene rings is 1. The van der Waals surface area contributed by atoms with E-state index >= 15 is 0 Å². The topological polar surface area (TPSA) is 37.3 Å². The van der Waals surface area contributed by atoms with Crippen LogP contribution in [-0.4, -0.2) is 11.1 Å². The van der Waals surface area contributed by atoms with Crippen LogP contribution in [-0.2, 0) is 0 Å². The minimum atomic E-state index is -0.874. The first-order valence-corrected chi connectivity index (χ1v) is 6.16. The third-order valence-corrected chi connectivity index (χ3v) is 4.15. The summed E-state index contributed by atoms with van der Waals surface area (Å²) in [4.78, 5) is 11.6. The Morgan fingerprint density at radius 3 is 2.69 bits per heavy atom. The monoisotopic (exact) mass is 254 g/mol. The van der Waals surface area contributed by atoms with Crippen molar-refractivity contribution in [3.8, 4) is 0 Å². The summed E-state index contributed by atoms with van der Waals surface area (Å²) in [6.45, 7) is 3.99. The number of aromatic carboxylic acids is 1. The Labute approximate surface area is 102 Å². The lowest BCUT2D eigenvalue weighted by atomic mass is 9.99. The van der Waals surface area contributed by atoms with Crippen LogP contribution in [0.1, 0.15) is 35.0 Å². The van der Waals surface area contributed by atoms with E-state index < -0.39 is 5.97 Å². The van der Waals surface area contributed by atoms with Crippen LogP contribution in [0.5, 0.6) is 0 Å². The van der Waals surface area contributed by atoms with Gasteiger partial charge in [-0.1, -0.05) is 37.6 Å². The van der Waals surface area contributed by atoms with Gasteiger partial charge < -0.3 is 5.11 Å². The van der Waals surface area contributed by atoms with Crippen LogP contribution in [0.2, 0.25) is 5.02 Å². The summed E-state index contributed by atoms with van der Waals surface area (Å²) < 4.78 is 0.866. The van der Waals surface area contributed by atoms with Gasteiger partial charge in [-0.3, -0.25) is 0 Å². The Morgan fingerprint density at radius 1 is 1.44 bits per heavy atom. The van der Waals surface area contributed by atoms with Crippen molar-refractivity contribution < 1.29 is 9.90 Å². The molecule has 2 rings (SSSR count). The summed E-state index contributed by atoms with van der Waals surface area (Å²) in [6.07, 6.45) is 0. The molecule has 16 heavy (non-hydrogen) atoms. The van der Waals surface area contributed by atoms with E-state index in [2.05, 4.69) is 0 Å². The lowest BCUT2D eigenvalue weighted by molar-refractivity contribution is 0.0701. The molecule has 1 N–H and O–H groups in total. The van der Waals surface area contributed by atoms with Gasteiger partial charge in [0.05, 0.1) is 9.72 Å². The van der Waals surface area contributed by atoms with E-state index in [1.807, 2.05) is 26.0 Å². The summed E-state index contributed by atoms with van der Waals surface area (Å²) in [5.74, 6) is -0.695. The highest BCUT2D eigenvalue weighted by Gasteiger charge is 2.20. The molecule has 0 saturated carbocycles. The second-order valence-electron chi connectivity index (χ2n) is 3.92. The minimum absolute atomic E-state index is 0.179. The molecule has 1 aromatic carbocycles. The van der Waals surface area contributed by atoms with E-state index in [4.69, 9.17) is 11.6 Å². The van der Waals surface area contributed by atoms with Gasteiger partial charge in [-0.15, -0.1) is 11.3 Å². The third kappa shape index (κ3) is 1.70. The average Bonchev–Trinajstić information content (AvgIpc) is 2.58. The number of carboxylic acids is 1. The van der Waals surface area contributed by atoms with Crippen molar-refractivity contribution in [2.24, 2.45) is 0 Å². The predicted octanol–water partition coefficient (Wildman–Crippen LogP) is 4.38. The van der Waals surface area contributed by atoms with Gasteiger partial charge in [0.25, 0.3) is 0 Å². The fourth-order valence-electron chi connectivity index (χ4n) is 1.84. The second-order valence-corrected chi connectivity index (χ2v) is 5.35. The van der Waals surface area contributed by atoms with E-state index in [-0.39, 0.29) is 5.92 Å². The average molecular weight is 255 g/mol. The van der Waals surface area contributed by atoms with Crippen molar-refractivity contribution in [2.45, 2.75) is 19.8 Å². The van der Waals surface area contributed by atoms with Gasteiger partial charge in [0, 0.05) is 0 Å². The molecule has 4 heteroatoms. The lowest BCUT2D eigenvalue weighted by Gasteiger charge is -2.05. The molecule has 0 spiro atoms. The van der Waals surface area contributed by atoms with Crippen molar-refractivity contribution in [3.05, 3.63) is 33.7 Å². The Bertz CT molecular complexity index is 557. The van der Waals surface area contributed by atoms with Gasteiger partial charge >= 0.3 is 5.97 Å². The molecule has 0 atom stereocenters. The van der Waals surface area contributed by atoms with Crippen molar-refractivity contribution in [3.63, 3.8) is 0 Å². The molecule has 0 aliphatic carbocycles. The highest BCUT2D eigenvalue weighted by molar-refractivity contribution is 7.21. The summed E-state index contributed by atoms with van der Waals surface area (Å²) in [7, 11) is 0. The molecule has 84 valence electrons. The Kier molecular flexibility index (Phi) is 2.91. The zero-order chi connectivity index (χ0) is 11.9. The van der Waals surface area contributed by atoms with Gasteiger partial charge in [0.2, 0.25) is 0 Å². The van der Waals surface area contributed by atoms with Crippen LogP contribution < -0.4 is 0 Å². The molecule has 0 aliphatic rings. The van der Waals surface area contributed by atoms with Gasteiger partial charge in [-0.05, 0) is 22.9 Å². The molecule has 2 aromatic rings. The fraction of sp³-hybridized carbons (Fsp3) is 0.250. The molecule has 0 radical (unpaired) electrons. The van der Waals surface area contributed by atoms with Crippen LogP contribution >= 0.6 is 22.9 Å². The van der Waals surface area contributed by atoms with E-state index in [0.29, 0.717) is 9.90 Å². The Hall–Kier alpha value is -1.06. The SMILES string of the molecule is CC(C)c1c(C(=O)O)sc2c(Cl)cccc12. The zero-order valence-electron chi connectivity index (χ0n) is 8.95. The molecule has 0 fully saturated rings. The zero-order valence-corrected chi connectivity index (χ0v) is 10.5. The smallest absolute Gasteiger partial charge is 0.346 e. The molecular formula is C12H11ClO2S. The summed E-state index contributed by atoms with van der Waals surface area (Å²) in [5, 5.41) is 10.8. The number of halogens is 1. The van der Waals surface area contributed by atoms with Gasteiger partial charge in [0.1, 0.15) is 4.88 Å². The van der Waals surface area contributed by atoms with Crippen LogP contribution in [0, 0.1) is 0 Å². The van der Waals surface area contributed by atoms with Crippen molar-refractivity contribution in [1.29, 1.82) is 0 Å². The van der Waals surface area contributed by atoms with Gasteiger partial charge in [-0.2, -0.15) is 0 Å². The van der Waals surface area contributed by atoms with Crippen molar-refractivity contribution in [1.82, 2.24) is 0 Å². The Balaban J connectivity index is 2.86. The minimum Gasteiger partial charge on any atom is -0.477 e. The van der Waals surface area contributed by atoms with E-state index in [0.717, 1.165) is 15.6 Å². The maximum atomic E-state index is 11.2. The first-order valence-electron chi connectivity index (χ1n) is 4.96. The van der Waals surface area contributed by atoms with Crippen LogP contribution in [0.4, 0.5) is 0 Å². The lowest BCUT2D eigenvalue weighted by Crippen LogP contribution is -1.99. The molecule has 1 aromatic heterocycles. The maximum Gasteiger partial charge on any atom is 0.346 e. The van der Waals surface area contributed by atoms with Crippen molar-refractivity contribution >= 4 is 39.0 Å². The molecule has 0 unspecified atom stereocenters. The molecule has 0 bridgehead atoms. The third-order valence-electron chi connectivity index (χ3n) is 2.48. The number of carbonyl (C=O) groups is 1. The number of rotatable bonds is 2.